The van der Waals surface area contributed by atoms with E-state index in [1.807, 2.05) is 0 Å². The first-order valence-electron chi connectivity index (χ1n) is 3.41. The van der Waals surface area contributed by atoms with Gasteiger partial charge in [-0.05, 0) is 19.1 Å². The normalized spacial score (nSPS) is 9.75. The van der Waals surface area contributed by atoms with Crippen LogP contribution in [0, 0.1) is 0 Å². The zero-order chi connectivity index (χ0) is 9.14. The van der Waals surface area contributed by atoms with E-state index in [0.29, 0.717) is 6.42 Å². The van der Waals surface area contributed by atoms with Gasteiger partial charge < -0.3 is 5.11 Å². The minimum absolute atomic E-state index is 0.0498. The first kappa shape index (κ1) is 8.93. The molecule has 0 aliphatic rings. The molecule has 0 amide bonds. The lowest BCUT2D eigenvalue weighted by Gasteiger charge is -1.87. The summed E-state index contributed by atoms with van der Waals surface area (Å²) in [7, 11) is 0. The van der Waals surface area contributed by atoms with Gasteiger partial charge in [-0.3, -0.25) is 4.79 Å². The number of carbonyl (C=O) groups excluding carboxylic acids is 1. The number of Topliss-reactive ketones (excluding diaryl/α,β-unsaturated/α-hetero) is 1. The Hall–Kier alpha value is -1.16. The van der Waals surface area contributed by atoms with Gasteiger partial charge in [0.2, 0.25) is 0 Å². The fourth-order valence-corrected chi connectivity index (χ4v) is 1.75. The number of thiophene rings is 1. The molecule has 0 aliphatic heterocycles. The summed E-state index contributed by atoms with van der Waals surface area (Å²) in [5.41, 5.74) is 0. The zero-order valence-corrected chi connectivity index (χ0v) is 7.35. The van der Waals surface area contributed by atoms with Crippen molar-refractivity contribution in [2.45, 2.75) is 13.3 Å². The maximum absolute atomic E-state index is 10.7. The number of carboxylic acids is 1. The molecule has 0 fully saturated rings. The van der Waals surface area contributed by atoms with E-state index < -0.39 is 5.97 Å². The van der Waals surface area contributed by atoms with Crippen molar-refractivity contribution in [3.63, 3.8) is 0 Å². The Morgan fingerprint density at radius 3 is 2.58 bits per heavy atom. The Morgan fingerprint density at radius 1 is 1.50 bits per heavy atom. The van der Waals surface area contributed by atoms with Crippen molar-refractivity contribution in [3.05, 3.63) is 21.9 Å². The number of carbonyl (C=O) groups is 2. The Kier molecular flexibility index (Phi) is 2.60. The highest BCUT2D eigenvalue weighted by molar-refractivity contribution is 7.14. The minimum Gasteiger partial charge on any atom is -0.477 e. The Morgan fingerprint density at radius 2 is 2.17 bits per heavy atom. The van der Waals surface area contributed by atoms with E-state index in [9.17, 15) is 9.59 Å². The quantitative estimate of drug-likeness (QED) is 0.775. The van der Waals surface area contributed by atoms with Crippen molar-refractivity contribution in [1.29, 1.82) is 0 Å². The van der Waals surface area contributed by atoms with Gasteiger partial charge in [-0.15, -0.1) is 11.3 Å². The molecule has 3 nitrogen and oxygen atoms in total. The van der Waals surface area contributed by atoms with Crippen LogP contribution in [0.3, 0.4) is 0 Å². The van der Waals surface area contributed by atoms with Crippen molar-refractivity contribution in [3.8, 4) is 0 Å². The summed E-state index contributed by atoms with van der Waals surface area (Å²) in [4.78, 5) is 22.2. The monoisotopic (exact) mass is 184 g/mol. The number of rotatable bonds is 3. The van der Waals surface area contributed by atoms with Gasteiger partial charge in [0.05, 0.1) is 0 Å². The first-order chi connectivity index (χ1) is 5.59. The molecule has 0 saturated heterocycles. The van der Waals surface area contributed by atoms with E-state index in [1.54, 1.807) is 6.07 Å². The van der Waals surface area contributed by atoms with Gasteiger partial charge in [-0.25, -0.2) is 4.79 Å². The maximum atomic E-state index is 10.7. The lowest BCUT2D eigenvalue weighted by atomic mass is 10.3. The van der Waals surface area contributed by atoms with Crippen LogP contribution in [0.5, 0.6) is 0 Å². The lowest BCUT2D eigenvalue weighted by molar-refractivity contribution is -0.116. The lowest BCUT2D eigenvalue weighted by Crippen LogP contribution is -1.93. The summed E-state index contributed by atoms with van der Waals surface area (Å²) >= 11 is 1.15. The zero-order valence-electron chi connectivity index (χ0n) is 6.53. The Labute approximate surface area is 73.6 Å². The van der Waals surface area contributed by atoms with Crippen LogP contribution in [-0.2, 0) is 11.2 Å². The molecule has 0 unspecified atom stereocenters. The number of ketones is 1. The number of carboxylic acid groups (broad SMARTS) is 1. The Bertz CT molecular complexity index is 314. The average Bonchev–Trinajstić information content (AvgIpc) is 2.34. The topological polar surface area (TPSA) is 54.4 Å². The van der Waals surface area contributed by atoms with Crippen LogP contribution in [0.15, 0.2) is 12.1 Å². The third kappa shape index (κ3) is 2.17. The smallest absolute Gasteiger partial charge is 0.345 e. The van der Waals surface area contributed by atoms with E-state index in [2.05, 4.69) is 0 Å². The van der Waals surface area contributed by atoms with Crippen molar-refractivity contribution in [2.24, 2.45) is 0 Å². The fraction of sp³-hybridized carbons (Fsp3) is 0.250. The fourth-order valence-electron chi connectivity index (χ4n) is 0.833. The van der Waals surface area contributed by atoms with E-state index in [-0.39, 0.29) is 10.7 Å². The molecule has 1 rings (SSSR count). The molecule has 0 bridgehead atoms. The number of hydrogen-bond acceptors (Lipinski definition) is 3. The molecule has 0 atom stereocenters. The molecule has 1 heterocycles. The van der Waals surface area contributed by atoms with Crippen molar-refractivity contribution < 1.29 is 14.7 Å². The van der Waals surface area contributed by atoms with Gasteiger partial charge in [-0.2, -0.15) is 0 Å². The van der Waals surface area contributed by atoms with Gasteiger partial charge in [0.1, 0.15) is 10.7 Å². The summed E-state index contributed by atoms with van der Waals surface area (Å²) in [5.74, 6) is -0.886. The molecule has 0 aromatic carbocycles. The minimum atomic E-state index is -0.935. The van der Waals surface area contributed by atoms with Crippen molar-refractivity contribution in [2.75, 3.05) is 0 Å². The average molecular weight is 184 g/mol. The molecule has 0 radical (unpaired) electrons. The van der Waals surface area contributed by atoms with Crippen LogP contribution < -0.4 is 0 Å². The van der Waals surface area contributed by atoms with Gasteiger partial charge in [-0.1, -0.05) is 0 Å². The number of hydrogen-bond donors (Lipinski definition) is 1. The van der Waals surface area contributed by atoms with E-state index >= 15 is 0 Å². The molecule has 1 N–H and O–H groups in total. The van der Waals surface area contributed by atoms with Crippen LogP contribution in [0.2, 0.25) is 0 Å². The summed E-state index contributed by atoms with van der Waals surface area (Å²) in [6.45, 7) is 1.49. The van der Waals surface area contributed by atoms with Gasteiger partial charge in [0, 0.05) is 11.3 Å². The predicted molar refractivity (Wildman–Crippen MR) is 45.7 cm³/mol. The summed E-state index contributed by atoms with van der Waals surface area (Å²) in [6, 6.07) is 3.20. The largest absolute Gasteiger partial charge is 0.477 e. The van der Waals surface area contributed by atoms with Gasteiger partial charge >= 0.3 is 5.97 Å². The second kappa shape index (κ2) is 3.49. The molecule has 0 spiro atoms. The van der Waals surface area contributed by atoms with Crippen LogP contribution in [0.4, 0.5) is 0 Å². The molecule has 0 aliphatic carbocycles. The van der Waals surface area contributed by atoms with Crippen LogP contribution >= 0.6 is 11.3 Å². The molecule has 4 heteroatoms. The Balaban J connectivity index is 2.77. The molecule has 0 saturated carbocycles. The highest BCUT2D eigenvalue weighted by atomic mass is 32.1. The SMILES string of the molecule is CC(=O)Cc1ccc(C(=O)O)s1. The third-order valence-corrected chi connectivity index (χ3v) is 2.37. The highest BCUT2D eigenvalue weighted by Crippen LogP contribution is 2.16. The van der Waals surface area contributed by atoms with Crippen LogP contribution in [-0.4, -0.2) is 16.9 Å². The van der Waals surface area contributed by atoms with E-state index in [1.165, 1.54) is 13.0 Å². The molecule has 1 aromatic rings. The van der Waals surface area contributed by atoms with Gasteiger partial charge in [0.15, 0.2) is 0 Å². The maximum Gasteiger partial charge on any atom is 0.345 e. The molecule has 1 aromatic heterocycles. The highest BCUT2D eigenvalue weighted by Gasteiger charge is 2.07. The van der Waals surface area contributed by atoms with Crippen molar-refractivity contribution in [1.82, 2.24) is 0 Å². The third-order valence-electron chi connectivity index (χ3n) is 1.30. The van der Waals surface area contributed by atoms with E-state index in [0.717, 1.165) is 16.2 Å². The van der Waals surface area contributed by atoms with Crippen LogP contribution in [0.1, 0.15) is 21.5 Å². The summed E-state index contributed by atoms with van der Waals surface area (Å²) in [6.07, 6.45) is 0.331. The standard InChI is InChI=1S/C8H8O3S/c1-5(9)4-6-2-3-7(12-6)8(10)11/h2-3H,4H2,1H3,(H,10,11). The summed E-state index contributed by atoms with van der Waals surface area (Å²) in [5, 5.41) is 8.56. The number of aromatic carboxylic acids is 1. The molecule has 64 valence electrons. The van der Waals surface area contributed by atoms with E-state index in [4.69, 9.17) is 5.11 Å². The molecule has 12 heavy (non-hydrogen) atoms. The first-order valence-corrected chi connectivity index (χ1v) is 4.22. The second-order valence-electron chi connectivity index (χ2n) is 2.45. The van der Waals surface area contributed by atoms with Crippen molar-refractivity contribution >= 4 is 23.1 Å². The molecular formula is C8H8O3S. The predicted octanol–water partition coefficient (Wildman–Crippen LogP) is 1.58. The second-order valence-corrected chi connectivity index (χ2v) is 3.62. The van der Waals surface area contributed by atoms with Crippen LogP contribution in [0.25, 0.3) is 0 Å². The van der Waals surface area contributed by atoms with Gasteiger partial charge in [0.25, 0.3) is 0 Å². The summed E-state index contributed by atoms with van der Waals surface area (Å²) < 4.78 is 0. The molecular weight excluding hydrogens is 176 g/mol.